The Balaban J connectivity index is 0.00000176. The van der Waals surface area contributed by atoms with Crippen molar-refractivity contribution in [2.24, 2.45) is 0 Å². The molecule has 24 heavy (non-hydrogen) atoms. The molecular weight excluding hydrogens is 376 g/mol. The Labute approximate surface area is 151 Å². The van der Waals surface area contributed by atoms with Gasteiger partial charge in [-0.2, -0.15) is 0 Å². The quantitative estimate of drug-likeness (QED) is 0.784. The summed E-state index contributed by atoms with van der Waals surface area (Å²) in [6.45, 7) is 4.20. The van der Waals surface area contributed by atoms with Gasteiger partial charge in [-0.3, -0.25) is 9.69 Å². The van der Waals surface area contributed by atoms with Gasteiger partial charge >= 0.3 is 0 Å². The zero-order valence-electron chi connectivity index (χ0n) is 13.8. The lowest BCUT2D eigenvalue weighted by molar-refractivity contribution is 0.160. The standard InChI is InChI=1S/C17H22N2O2.BrH.2H2O/c1-12-4-2-6-15-16(12)10-13(18-17(15)21)7-9-19-8-3-5-14(19)11-20;;;/h2,4,6,10,14,20H,3,5,7-9,11H2,1H3,(H,18,21);1H;2*1H2/t14-;;;/m1.../s1. The van der Waals surface area contributed by atoms with Gasteiger partial charge in [0.15, 0.2) is 0 Å². The molecule has 1 aliphatic heterocycles. The largest absolute Gasteiger partial charge is 0.412 e. The maximum Gasteiger partial charge on any atom is 0.256 e. The first-order valence-corrected chi connectivity index (χ1v) is 7.65. The molecule has 1 aromatic carbocycles. The highest BCUT2D eigenvalue weighted by atomic mass is 79.9. The second-order valence-electron chi connectivity index (χ2n) is 5.92. The number of nitrogens with one attached hydrogen (secondary N) is 1. The van der Waals surface area contributed by atoms with Crippen molar-refractivity contribution in [3.63, 3.8) is 0 Å². The summed E-state index contributed by atoms with van der Waals surface area (Å²) in [5.41, 5.74) is 2.10. The lowest BCUT2D eigenvalue weighted by Crippen LogP contribution is -2.34. The summed E-state index contributed by atoms with van der Waals surface area (Å²) in [5.74, 6) is 0. The Bertz CT molecular complexity index is 705. The summed E-state index contributed by atoms with van der Waals surface area (Å²) >= 11 is 0. The summed E-state index contributed by atoms with van der Waals surface area (Å²) in [6.07, 6.45) is 3.04. The molecule has 0 amide bonds. The van der Waals surface area contributed by atoms with Gasteiger partial charge in [0.2, 0.25) is 0 Å². The first-order valence-electron chi connectivity index (χ1n) is 7.65. The number of H-pyrrole nitrogens is 1. The molecule has 136 valence electrons. The molecule has 0 saturated carbocycles. The van der Waals surface area contributed by atoms with Gasteiger partial charge in [0.05, 0.1) is 6.61 Å². The second kappa shape index (κ2) is 9.90. The minimum Gasteiger partial charge on any atom is -0.412 e. The Morgan fingerprint density at radius 3 is 2.75 bits per heavy atom. The monoisotopic (exact) mass is 402 g/mol. The van der Waals surface area contributed by atoms with E-state index in [1.165, 1.54) is 0 Å². The number of halogens is 1. The molecule has 1 aromatic heterocycles. The fraction of sp³-hybridized carbons (Fsp3) is 0.471. The molecule has 1 aliphatic rings. The van der Waals surface area contributed by atoms with Crippen LogP contribution < -0.4 is 5.56 Å². The molecule has 1 saturated heterocycles. The molecule has 0 aliphatic carbocycles. The number of likely N-dealkylation sites (tertiary alicyclic amines) is 1. The highest BCUT2D eigenvalue weighted by Crippen LogP contribution is 2.18. The minimum atomic E-state index is -0.00803. The normalized spacial score (nSPS) is 17.0. The van der Waals surface area contributed by atoms with E-state index in [9.17, 15) is 9.90 Å². The molecule has 7 heteroatoms. The number of hydrogen-bond donors (Lipinski definition) is 2. The van der Waals surface area contributed by atoms with Gasteiger partial charge in [-0.15, -0.1) is 17.0 Å². The Kier molecular flexibility index (Phi) is 9.39. The summed E-state index contributed by atoms with van der Waals surface area (Å²) in [5, 5.41) is 11.2. The van der Waals surface area contributed by atoms with E-state index in [-0.39, 0.29) is 40.1 Å². The number of aromatic amines is 1. The van der Waals surface area contributed by atoms with E-state index < -0.39 is 0 Å². The van der Waals surface area contributed by atoms with Crippen molar-refractivity contribution in [3.05, 3.63) is 45.9 Å². The predicted molar refractivity (Wildman–Crippen MR) is 102 cm³/mol. The summed E-state index contributed by atoms with van der Waals surface area (Å²) in [6, 6.07) is 8.21. The van der Waals surface area contributed by atoms with Crippen molar-refractivity contribution >= 4 is 27.8 Å². The number of pyridine rings is 1. The van der Waals surface area contributed by atoms with Crippen molar-refractivity contribution in [2.75, 3.05) is 19.7 Å². The SMILES string of the molecule is Br.Cc1cccc2c(=O)[nH]c(CCN3CCC[C@@H]3CO)cc12.O.O. The van der Waals surface area contributed by atoms with E-state index in [2.05, 4.69) is 16.0 Å². The summed E-state index contributed by atoms with van der Waals surface area (Å²) in [4.78, 5) is 17.5. The number of hydrogen-bond acceptors (Lipinski definition) is 3. The molecule has 6 N–H and O–H groups in total. The molecule has 2 heterocycles. The van der Waals surface area contributed by atoms with Crippen LogP contribution in [-0.2, 0) is 6.42 Å². The summed E-state index contributed by atoms with van der Waals surface area (Å²) in [7, 11) is 0. The number of nitrogens with zero attached hydrogens (tertiary/aromatic N) is 1. The van der Waals surface area contributed by atoms with E-state index in [1.807, 2.05) is 25.1 Å². The van der Waals surface area contributed by atoms with Crippen LogP contribution in [0.1, 0.15) is 24.1 Å². The molecule has 0 unspecified atom stereocenters. The van der Waals surface area contributed by atoms with Gasteiger partial charge in [-0.05, 0) is 49.4 Å². The first kappa shape index (κ1) is 22.8. The van der Waals surface area contributed by atoms with Crippen molar-refractivity contribution in [3.8, 4) is 0 Å². The highest BCUT2D eigenvalue weighted by molar-refractivity contribution is 8.93. The summed E-state index contributed by atoms with van der Waals surface area (Å²) < 4.78 is 0. The van der Waals surface area contributed by atoms with Crippen LogP contribution in [0.25, 0.3) is 10.8 Å². The minimum absolute atomic E-state index is 0. The fourth-order valence-electron chi connectivity index (χ4n) is 3.29. The Hall–Kier alpha value is -1.25. The third kappa shape index (κ3) is 4.64. The predicted octanol–water partition coefficient (Wildman–Crippen LogP) is 0.764. The third-order valence-corrected chi connectivity index (χ3v) is 4.54. The van der Waals surface area contributed by atoms with Gasteiger partial charge in [-0.1, -0.05) is 12.1 Å². The van der Waals surface area contributed by atoms with Crippen molar-refractivity contribution < 1.29 is 16.1 Å². The van der Waals surface area contributed by atoms with Crippen LogP contribution in [0.2, 0.25) is 0 Å². The maximum atomic E-state index is 12.2. The first-order chi connectivity index (χ1) is 10.2. The Morgan fingerprint density at radius 2 is 2.04 bits per heavy atom. The molecule has 6 nitrogen and oxygen atoms in total. The molecule has 0 spiro atoms. The van der Waals surface area contributed by atoms with Crippen LogP contribution in [0.3, 0.4) is 0 Å². The molecule has 1 atom stereocenters. The average molecular weight is 403 g/mol. The van der Waals surface area contributed by atoms with Crippen molar-refractivity contribution in [2.45, 2.75) is 32.2 Å². The van der Waals surface area contributed by atoms with E-state index in [0.29, 0.717) is 6.04 Å². The van der Waals surface area contributed by atoms with Crippen molar-refractivity contribution in [1.29, 1.82) is 0 Å². The number of aromatic nitrogens is 1. The topological polar surface area (TPSA) is 119 Å². The van der Waals surface area contributed by atoms with Gasteiger partial charge in [0.25, 0.3) is 5.56 Å². The van der Waals surface area contributed by atoms with E-state index in [0.717, 1.165) is 54.4 Å². The number of fused-ring (bicyclic) bond motifs is 1. The number of aliphatic hydroxyl groups excluding tert-OH is 1. The third-order valence-electron chi connectivity index (χ3n) is 4.54. The van der Waals surface area contributed by atoms with Crippen LogP contribution in [0, 0.1) is 6.92 Å². The van der Waals surface area contributed by atoms with Crippen LogP contribution in [-0.4, -0.2) is 51.7 Å². The second-order valence-corrected chi connectivity index (χ2v) is 5.92. The van der Waals surface area contributed by atoms with Gasteiger partial charge in [0, 0.05) is 30.1 Å². The van der Waals surface area contributed by atoms with Gasteiger partial charge in [-0.25, -0.2) is 0 Å². The van der Waals surface area contributed by atoms with Crippen LogP contribution in [0.15, 0.2) is 29.1 Å². The van der Waals surface area contributed by atoms with Crippen LogP contribution in [0.4, 0.5) is 0 Å². The van der Waals surface area contributed by atoms with Gasteiger partial charge < -0.3 is 21.0 Å². The number of benzene rings is 1. The molecule has 2 aromatic rings. The molecular formula is C17H27BrN2O4. The van der Waals surface area contributed by atoms with Crippen molar-refractivity contribution in [1.82, 2.24) is 9.88 Å². The van der Waals surface area contributed by atoms with E-state index in [4.69, 9.17) is 0 Å². The van der Waals surface area contributed by atoms with E-state index >= 15 is 0 Å². The zero-order valence-corrected chi connectivity index (χ0v) is 15.6. The highest BCUT2D eigenvalue weighted by Gasteiger charge is 2.23. The number of aliphatic hydroxyl groups is 1. The molecule has 0 radical (unpaired) electrons. The molecule has 0 bridgehead atoms. The van der Waals surface area contributed by atoms with Gasteiger partial charge in [0.1, 0.15) is 0 Å². The molecule has 3 rings (SSSR count). The number of rotatable bonds is 4. The zero-order chi connectivity index (χ0) is 14.8. The lowest BCUT2D eigenvalue weighted by atomic mass is 10.1. The molecule has 1 fully saturated rings. The maximum absolute atomic E-state index is 12.2. The van der Waals surface area contributed by atoms with Crippen LogP contribution in [0.5, 0.6) is 0 Å². The van der Waals surface area contributed by atoms with E-state index in [1.54, 1.807) is 0 Å². The van der Waals surface area contributed by atoms with Crippen LogP contribution >= 0.6 is 17.0 Å². The smallest absolute Gasteiger partial charge is 0.256 e. The fourth-order valence-corrected chi connectivity index (χ4v) is 3.29. The lowest BCUT2D eigenvalue weighted by Gasteiger charge is -2.22. The Morgan fingerprint density at radius 1 is 1.29 bits per heavy atom. The average Bonchev–Trinajstić information content (AvgIpc) is 2.94. The number of aryl methyl sites for hydroxylation is 1.